The number of amides is 1. The molecular weight excluding hydrogens is 557 g/mol. The number of hydrogen-bond acceptors (Lipinski definition) is 5. The highest BCUT2D eigenvalue weighted by atomic mass is 19.4. The highest BCUT2D eigenvalue weighted by Crippen LogP contribution is 2.50. The number of alkyl halides is 5. The van der Waals surface area contributed by atoms with Crippen molar-refractivity contribution in [3.8, 4) is 0 Å². The van der Waals surface area contributed by atoms with Crippen LogP contribution >= 0.6 is 0 Å². The average molecular weight is 590 g/mol. The summed E-state index contributed by atoms with van der Waals surface area (Å²) < 4.78 is 77.0. The van der Waals surface area contributed by atoms with Crippen LogP contribution in [0.4, 0.5) is 27.6 Å². The standard InChI is InChI=1S/C30H32F5N5O2/c1-39-17-37-38-27(39)28(13-22(14-28)42-2)20-4-3-5-21(12-20)40-16-24-23(26(40)41)10-18(11-25(24)30(33,34)35)15-36-9-7-19-6-8-29(19,31)32/h3-5,10-12,17,19,22,36H,6-9,13-16H2,1-2H3. The van der Waals surface area contributed by atoms with Gasteiger partial charge in [0.05, 0.1) is 23.6 Å². The Morgan fingerprint density at radius 3 is 2.57 bits per heavy atom. The number of nitrogens with one attached hydrogen (secondary N) is 1. The summed E-state index contributed by atoms with van der Waals surface area (Å²) in [5.74, 6) is -3.12. The molecule has 1 aliphatic heterocycles. The van der Waals surface area contributed by atoms with Crippen LogP contribution in [0.1, 0.15) is 70.5 Å². The van der Waals surface area contributed by atoms with Crippen LogP contribution in [0.3, 0.4) is 0 Å². The van der Waals surface area contributed by atoms with E-state index in [1.165, 1.54) is 11.0 Å². The van der Waals surface area contributed by atoms with E-state index in [9.17, 15) is 26.7 Å². The largest absolute Gasteiger partial charge is 0.416 e. The van der Waals surface area contributed by atoms with Gasteiger partial charge in [0.15, 0.2) is 0 Å². The maximum atomic E-state index is 14.2. The zero-order valence-electron chi connectivity index (χ0n) is 23.3. The summed E-state index contributed by atoms with van der Waals surface area (Å²) in [6.45, 7) is 0.0790. The summed E-state index contributed by atoms with van der Waals surface area (Å²) in [5.41, 5.74) is 0.234. The minimum Gasteiger partial charge on any atom is -0.381 e. The normalized spacial score (nSPS) is 24.8. The molecule has 0 saturated heterocycles. The highest BCUT2D eigenvalue weighted by molar-refractivity contribution is 6.10. The number of carbonyl (C=O) groups is 1. The van der Waals surface area contributed by atoms with Crippen molar-refractivity contribution >= 4 is 11.6 Å². The number of halogens is 5. The number of carbonyl (C=O) groups excluding carboxylic acids is 1. The number of benzene rings is 2. The van der Waals surface area contributed by atoms with Gasteiger partial charge in [-0.2, -0.15) is 13.2 Å². The Hall–Kier alpha value is -3.38. The highest BCUT2D eigenvalue weighted by Gasteiger charge is 2.51. The van der Waals surface area contributed by atoms with Gasteiger partial charge in [-0.1, -0.05) is 12.1 Å². The number of fused-ring (bicyclic) bond motifs is 1. The fourth-order valence-electron chi connectivity index (χ4n) is 6.58. The lowest BCUT2D eigenvalue weighted by molar-refractivity contribution is -0.138. The van der Waals surface area contributed by atoms with Crippen molar-refractivity contribution in [2.24, 2.45) is 13.0 Å². The molecule has 2 aromatic carbocycles. The number of aryl methyl sites for hydroxylation is 1. The SMILES string of the molecule is COC1CC(c2cccc(N3Cc4c(cc(CNCCC5CCC5(F)F)cc4C(F)(F)F)C3=O)c2)(c2nncn2C)C1. The first-order valence-corrected chi connectivity index (χ1v) is 14.0. The molecule has 2 aliphatic carbocycles. The summed E-state index contributed by atoms with van der Waals surface area (Å²) in [6, 6.07) is 9.83. The van der Waals surface area contributed by atoms with E-state index in [1.54, 1.807) is 25.6 Å². The Morgan fingerprint density at radius 2 is 1.95 bits per heavy atom. The van der Waals surface area contributed by atoms with Gasteiger partial charge < -0.3 is 19.5 Å². The summed E-state index contributed by atoms with van der Waals surface area (Å²) >= 11 is 0. The molecule has 0 spiro atoms. The van der Waals surface area contributed by atoms with E-state index in [-0.39, 0.29) is 55.3 Å². The van der Waals surface area contributed by atoms with E-state index in [1.807, 2.05) is 23.7 Å². The second kappa shape index (κ2) is 10.4. The summed E-state index contributed by atoms with van der Waals surface area (Å²) in [5, 5.41) is 11.4. The van der Waals surface area contributed by atoms with E-state index in [2.05, 4.69) is 15.5 Å². The molecule has 2 fully saturated rings. The Bertz CT molecular complexity index is 1500. The van der Waals surface area contributed by atoms with E-state index in [0.29, 0.717) is 24.9 Å². The minimum atomic E-state index is -4.66. The van der Waals surface area contributed by atoms with Gasteiger partial charge in [0.1, 0.15) is 12.2 Å². The van der Waals surface area contributed by atoms with Gasteiger partial charge in [0.2, 0.25) is 0 Å². The fraction of sp³-hybridized carbons (Fsp3) is 0.500. The zero-order chi connectivity index (χ0) is 29.9. The molecule has 6 rings (SSSR count). The third-order valence-corrected chi connectivity index (χ3v) is 9.16. The van der Waals surface area contributed by atoms with E-state index < -0.39 is 34.9 Å². The van der Waals surface area contributed by atoms with Gasteiger partial charge in [-0.15, -0.1) is 10.2 Å². The molecule has 42 heavy (non-hydrogen) atoms. The van der Waals surface area contributed by atoms with Crippen LogP contribution in [-0.4, -0.2) is 46.4 Å². The fourth-order valence-corrected chi connectivity index (χ4v) is 6.58. The Morgan fingerprint density at radius 1 is 1.17 bits per heavy atom. The van der Waals surface area contributed by atoms with Gasteiger partial charge in [-0.3, -0.25) is 4.79 Å². The van der Waals surface area contributed by atoms with Crippen LogP contribution in [-0.2, 0) is 36.5 Å². The van der Waals surface area contributed by atoms with Crippen molar-refractivity contribution in [3.63, 3.8) is 0 Å². The lowest BCUT2D eigenvalue weighted by Crippen LogP contribution is -2.48. The molecule has 3 aromatic rings. The molecule has 3 aliphatic rings. The molecule has 2 saturated carbocycles. The molecule has 0 radical (unpaired) electrons. The molecule has 1 N–H and O–H groups in total. The van der Waals surface area contributed by atoms with Crippen LogP contribution in [0, 0.1) is 5.92 Å². The van der Waals surface area contributed by atoms with Crippen LogP contribution < -0.4 is 10.2 Å². The van der Waals surface area contributed by atoms with Crippen LogP contribution in [0.5, 0.6) is 0 Å². The molecule has 12 heteroatoms. The van der Waals surface area contributed by atoms with Crippen LogP contribution in [0.2, 0.25) is 0 Å². The van der Waals surface area contributed by atoms with Crippen molar-refractivity contribution in [2.45, 2.75) is 68.8 Å². The second-order valence-corrected chi connectivity index (χ2v) is 11.7. The van der Waals surface area contributed by atoms with Gasteiger partial charge in [0, 0.05) is 44.3 Å². The molecule has 1 atom stereocenters. The number of rotatable bonds is 9. The summed E-state index contributed by atoms with van der Waals surface area (Å²) in [4.78, 5) is 15.0. The van der Waals surface area contributed by atoms with Crippen molar-refractivity contribution < 1.29 is 31.5 Å². The van der Waals surface area contributed by atoms with Crippen molar-refractivity contribution in [1.29, 1.82) is 0 Å². The smallest absolute Gasteiger partial charge is 0.381 e. The maximum absolute atomic E-state index is 14.2. The number of aromatic nitrogens is 3. The van der Waals surface area contributed by atoms with Crippen LogP contribution in [0.25, 0.3) is 0 Å². The van der Waals surface area contributed by atoms with E-state index >= 15 is 0 Å². The van der Waals surface area contributed by atoms with Gasteiger partial charge in [0.25, 0.3) is 11.8 Å². The molecule has 2 heterocycles. The van der Waals surface area contributed by atoms with Gasteiger partial charge in [-0.05, 0) is 73.2 Å². The molecular formula is C30H32F5N5O2. The quantitative estimate of drug-likeness (QED) is 0.260. The average Bonchev–Trinajstić information content (AvgIpc) is 3.50. The number of hydrogen-bond donors (Lipinski definition) is 1. The lowest BCUT2D eigenvalue weighted by Gasteiger charge is -2.46. The van der Waals surface area contributed by atoms with Crippen molar-refractivity contribution in [3.05, 3.63) is 76.4 Å². The molecule has 224 valence electrons. The molecule has 1 amide bonds. The van der Waals surface area contributed by atoms with Gasteiger partial charge >= 0.3 is 6.18 Å². The third kappa shape index (κ3) is 4.88. The molecule has 1 aromatic heterocycles. The van der Waals surface area contributed by atoms with Crippen LogP contribution in [0.15, 0.2) is 42.7 Å². The predicted octanol–water partition coefficient (Wildman–Crippen LogP) is 5.61. The van der Waals surface area contributed by atoms with Crippen molar-refractivity contribution in [1.82, 2.24) is 20.1 Å². The van der Waals surface area contributed by atoms with E-state index in [0.717, 1.165) is 17.5 Å². The first kappa shape index (κ1) is 28.7. The topological polar surface area (TPSA) is 72.3 Å². The molecule has 1 unspecified atom stereocenters. The lowest BCUT2D eigenvalue weighted by atomic mass is 9.62. The number of nitrogens with zero attached hydrogens (tertiary/aromatic N) is 4. The summed E-state index contributed by atoms with van der Waals surface area (Å²) in [7, 11) is 3.51. The monoisotopic (exact) mass is 589 g/mol. The van der Waals surface area contributed by atoms with E-state index in [4.69, 9.17) is 4.74 Å². The minimum absolute atomic E-state index is 0.00339. The predicted molar refractivity (Wildman–Crippen MR) is 144 cm³/mol. The Kier molecular flexibility index (Phi) is 7.12. The Labute approximate surface area is 240 Å². The molecule has 0 bridgehead atoms. The molecule has 7 nitrogen and oxygen atoms in total. The zero-order valence-corrected chi connectivity index (χ0v) is 23.3. The van der Waals surface area contributed by atoms with Gasteiger partial charge in [-0.25, -0.2) is 8.78 Å². The first-order valence-electron chi connectivity index (χ1n) is 14.0. The number of methoxy groups -OCH3 is 1. The number of ether oxygens (including phenoxy) is 1. The van der Waals surface area contributed by atoms with Crippen molar-refractivity contribution in [2.75, 3.05) is 18.6 Å². The second-order valence-electron chi connectivity index (χ2n) is 11.7. The summed E-state index contributed by atoms with van der Waals surface area (Å²) in [6.07, 6.45) is -1.14. The maximum Gasteiger partial charge on any atom is 0.416 e. The third-order valence-electron chi connectivity index (χ3n) is 9.16. The number of anilines is 1. The Balaban J connectivity index is 1.26. The first-order chi connectivity index (χ1) is 19.9.